The van der Waals surface area contributed by atoms with Crippen molar-refractivity contribution in [3.63, 3.8) is 0 Å². The average Bonchev–Trinajstić information content (AvgIpc) is 3.07. The predicted octanol–water partition coefficient (Wildman–Crippen LogP) is 5.50. The fourth-order valence-electron chi connectivity index (χ4n) is 2.38. The number of nitrogens with one attached hydrogen (secondary N) is 1. The zero-order valence-corrected chi connectivity index (χ0v) is 14.4. The van der Waals surface area contributed by atoms with E-state index in [0.29, 0.717) is 16.5 Å². The molecule has 0 spiro atoms. The van der Waals surface area contributed by atoms with Gasteiger partial charge in [-0.05, 0) is 53.4 Å². The Bertz CT molecular complexity index is 833. The van der Waals surface area contributed by atoms with Crippen LogP contribution < -0.4 is 5.32 Å². The molecule has 1 aromatic heterocycles. The minimum Gasteiger partial charge on any atom is -0.508 e. The lowest BCUT2D eigenvalue weighted by atomic mass is 10.0. The Balaban J connectivity index is 1.74. The molecule has 1 amide bonds. The summed E-state index contributed by atoms with van der Waals surface area (Å²) in [6.45, 7) is 4.35. The molecule has 0 saturated heterocycles. The number of benzene rings is 2. The highest BCUT2D eigenvalue weighted by molar-refractivity contribution is 7.17. The highest BCUT2D eigenvalue weighted by Crippen LogP contribution is 2.30. The summed E-state index contributed by atoms with van der Waals surface area (Å²) in [6, 6.07) is 18.7. The Kier molecular flexibility index (Phi) is 4.67. The molecule has 3 nitrogen and oxygen atoms in total. The summed E-state index contributed by atoms with van der Waals surface area (Å²) < 4.78 is 0. The second-order valence-corrected chi connectivity index (χ2v) is 7.03. The molecule has 2 aromatic carbocycles. The standard InChI is InChI=1S/C20H19NO2S/c1-13(2)14-3-5-15(6-4-14)18-11-12-19(24-18)20(23)21-16-7-9-17(22)10-8-16/h3-13,22H,1-2H3,(H,21,23). The molecule has 122 valence electrons. The van der Waals surface area contributed by atoms with Gasteiger partial charge in [0.25, 0.3) is 5.91 Å². The number of anilines is 1. The third-order valence-electron chi connectivity index (χ3n) is 3.82. The number of hydrogen-bond acceptors (Lipinski definition) is 3. The van der Waals surface area contributed by atoms with E-state index in [9.17, 15) is 9.90 Å². The fourth-order valence-corrected chi connectivity index (χ4v) is 3.29. The third kappa shape index (κ3) is 3.66. The van der Waals surface area contributed by atoms with E-state index >= 15 is 0 Å². The third-order valence-corrected chi connectivity index (χ3v) is 4.95. The second-order valence-electron chi connectivity index (χ2n) is 5.94. The maximum Gasteiger partial charge on any atom is 0.265 e. The first-order valence-corrected chi connectivity index (χ1v) is 8.65. The van der Waals surface area contributed by atoms with Crippen LogP contribution in [-0.2, 0) is 0 Å². The smallest absolute Gasteiger partial charge is 0.265 e. The quantitative estimate of drug-likeness (QED) is 0.618. The first-order valence-electron chi connectivity index (χ1n) is 7.83. The van der Waals surface area contributed by atoms with Crippen LogP contribution in [-0.4, -0.2) is 11.0 Å². The molecule has 3 rings (SSSR count). The van der Waals surface area contributed by atoms with E-state index in [0.717, 1.165) is 10.4 Å². The van der Waals surface area contributed by atoms with Crippen molar-refractivity contribution < 1.29 is 9.90 Å². The van der Waals surface area contributed by atoms with Gasteiger partial charge < -0.3 is 10.4 Å². The van der Waals surface area contributed by atoms with Crippen molar-refractivity contribution in [3.8, 4) is 16.2 Å². The Morgan fingerprint density at radius 1 is 0.958 bits per heavy atom. The van der Waals surface area contributed by atoms with Crippen molar-refractivity contribution in [2.75, 3.05) is 5.32 Å². The topological polar surface area (TPSA) is 49.3 Å². The normalized spacial score (nSPS) is 10.8. The van der Waals surface area contributed by atoms with Gasteiger partial charge in [-0.3, -0.25) is 4.79 Å². The zero-order valence-electron chi connectivity index (χ0n) is 13.6. The Labute approximate surface area is 145 Å². The molecular weight excluding hydrogens is 318 g/mol. The highest BCUT2D eigenvalue weighted by atomic mass is 32.1. The van der Waals surface area contributed by atoms with Crippen LogP contribution >= 0.6 is 11.3 Å². The maximum absolute atomic E-state index is 12.3. The Morgan fingerprint density at radius 3 is 2.25 bits per heavy atom. The lowest BCUT2D eigenvalue weighted by molar-refractivity contribution is 0.103. The van der Waals surface area contributed by atoms with E-state index in [1.165, 1.54) is 16.9 Å². The SMILES string of the molecule is CC(C)c1ccc(-c2ccc(C(=O)Nc3ccc(O)cc3)s2)cc1. The van der Waals surface area contributed by atoms with Crippen LogP contribution in [0.25, 0.3) is 10.4 Å². The molecule has 0 saturated carbocycles. The van der Waals surface area contributed by atoms with E-state index in [1.54, 1.807) is 24.3 Å². The molecule has 24 heavy (non-hydrogen) atoms. The lowest BCUT2D eigenvalue weighted by Crippen LogP contribution is -2.09. The van der Waals surface area contributed by atoms with E-state index in [2.05, 4.69) is 43.4 Å². The van der Waals surface area contributed by atoms with Crippen molar-refractivity contribution in [1.29, 1.82) is 0 Å². The number of amides is 1. The largest absolute Gasteiger partial charge is 0.508 e. The minimum absolute atomic E-state index is 0.143. The van der Waals surface area contributed by atoms with Crippen molar-refractivity contribution >= 4 is 22.9 Å². The van der Waals surface area contributed by atoms with Crippen LogP contribution in [0.2, 0.25) is 0 Å². The number of carbonyl (C=O) groups is 1. The molecule has 0 aliphatic heterocycles. The van der Waals surface area contributed by atoms with Crippen molar-refractivity contribution in [3.05, 3.63) is 71.1 Å². The summed E-state index contributed by atoms with van der Waals surface area (Å²) in [5.41, 5.74) is 3.09. The molecule has 0 radical (unpaired) electrons. The molecule has 0 fully saturated rings. The molecule has 3 aromatic rings. The first kappa shape index (κ1) is 16.3. The van der Waals surface area contributed by atoms with E-state index in [4.69, 9.17) is 0 Å². The number of hydrogen-bond donors (Lipinski definition) is 2. The molecule has 1 heterocycles. The van der Waals surface area contributed by atoms with Gasteiger partial charge in [0.1, 0.15) is 5.75 Å². The predicted molar refractivity (Wildman–Crippen MR) is 99.9 cm³/mol. The van der Waals surface area contributed by atoms with Crippen LogP contribution in [0.3, 0.4) is 0 Å². The zero-order chi connectivity index (χ0) is 17.1. The van der Waals surface area contributed by atoms with E-state index in [-0.39, 0.29) is 11.7 Å². The number of carbonyl (C=O) groups excluding carboxylic acids is 1. The van der Waals surface area contributed by atoms with Gasteiger partial charge in [-0.15, -0.1) is 11.3 Å². The van der Waals surface area contributed by atoms with Crippen molar-refractivity contribution in [2.45, 2.75) is 19.8 Å². The maximum atomic E-state index is 12.3. The van der Waals surface area contributed by atoms with Gasteiger partial charge in [0, 0.05) is 10.6 Å². The number of phenols is 1. The molecule has 2 N–H and O–H groups in total. The summed E-state index contributed by atoms with van der Waals surface area (Å²) in [5, 5.41) is 12.1. The van der Waals surface area contributed by atoms with Gasteiger partial charge in [-0.25, -0.2) is 0 Å². The summed E-state index contributed by atoms with van der Waals surface area (Å²) in [7, 11) is 0. The Morgan fingerprint density at radius 2 is 1.62 bits per heavy atom. The van der Waals surface area contributed by atoms with Crippen molar-refractivity contribution in [2.24, 2.45) is 0 Å². The van der Waals surface area contributed by atoms with Gasteiger partial charge in [-0.2, -0.15) is 0 Å². The summed E-state index contributed by atoms with van der Waals surface area (Å²) in [5.74, 6) is 0.543. The van der Waals surface area contributed by atoms with Gasteiger partial charge in [0.2, 0.25) is 0 Å². The second kappa shape index (κ2) is 6.89. The summed E-state index contributed by atoms with van der Waals surface area (Å²) in [4.78, 5) is 14.1. The van der Waals surface area contributed by atoms with Gasteiger partial charge >= 0.3 is 0 Å². The number of thiophene rings is 1. The minimum atomic E-state index is -0.143. The van der Waals surface area contributed by atoms with Gasteiger partial charge in [0.05, 0.1) is 4.88 Å². The summed E-state index contributed by atoms with van der Waals surface area (Å²) in [6.07, 6.45) is 0. The number of aromatic hydroxyl groups is 1. The van der Waals surface area contributed by atoms with Crippen LogP contribution in [0, 0.1) is 0 Å². The van der Waals surface area contributed by atoms with E-state index < -0.39 is 0 Å². The lowest BCUT2D eigenvalue weighted by Gasteiger charge is -2.05. The number of rotatable bonds is 4. The average molecular weight is 337 g/mol. The van der Waals surface area contributed by atoms with Crippen LogP contribution in [0.1, 0.15) is 35.0 Å². The van der Waals surface area contributed by atoms with Crippen LogP contribution in [0.4, 0.5) is 5.69 Å². The molecular formula is C20H19NO2S. The molecule has 4 heteroatoms. The monoisotopic (exact) mass is 337 g/mol. The van der Waals surface area contributed by atoms with Crippen molar-refractivity contribution in [1.82, 2.24) is 0 Å². The van der Waals surface area contributed by atoms with Gasteiger partial charge in [-0.1, -0.05) is 38.1 Å². The first-order chi connectivity index (χ1) is 11.5. The van der Waals surface area contributed by atoms with Crippen LogP contribution in [0.5, 0.6) is 5.75 Å². The number of phenolic OH excluding ortho intramolecular Hbond substituents is 1. The molecule has 0 unspecified atom stereocenters. The molecule has 0 bridgehead atoms. The van der Waals surface area contributed by atoms with Crippen LogP contribution in [0.15, 0.2) is 60.7 Å². The fraction of sp³-hybridized carbons (Fsp3) is 0.150. The molecule has 0 atom stereocenters. The highest BCUT2D eigenvalue weighted by Gasteiger charge is 2.11. The molecule has 0 aliphatic carbocycles. The van der Waals surface area contributed by atoms with E-state index in [1.807, 2.05) is 12.1 Å². The molecule has 0 aliphatic rings. The Hall–Kier alpha value is -2.59. The van der Waals surface area contributed by atoms with Gasteiger partial charge in [0.15, 0.2) is 0 Å². The summed E-state index contributed by atoms with van der Waals surface area (Å²) >= 11 is 1.47.